The number of nitrogens with one attached hydrogen (secondary N) is 1. The number of fused-ring (bicyclic) bond motifs is 1. The molecule has 20 heavy (non-hydrogen) atoms. The van der Waals surface area contributed by atoms with Gasteiger partial charge in [-0.3, -0.25) is 4.98 Å². The van der Waals surface area contributed by atoms with Crippen molar-refractivity contribution in [3.05, 3.63) is 60.3 Å². The molecule has 0 saturated carbocycles. The van der Waals surface area contributed by atoms with Gasteiger partial charge in [-0.2, -0.15) is 0 Å². The first-order valence-corrected chi connectivity index (χ1v) is 6.00. The van der Waals surface area contributed by atoms with Gasteiger partial charge in [0.25, 0.3) is 0 Å². The molecular weight excluding hydrogens is 260 g/mol. The summed E-state index contributed by atoms with van der Waals surface area (Å²) in [5, 5.41) is 3.90. The highest BCUT2D eigenvalue weighted by atomic mass is 19.2. The molecular formula is C15H11F2N3. The van der Waals surface area contributed by atoms with Crippen LogP contribution in [-0.4, -0.2) is 4.98 Å². The van der Waals surface area contributed by atoms with Crippen LogP contribution >= 0.6 is 0 Å². The van der Waals surface area contributed by atoms with Gasteiger partial charge >= 0.3 is 0 Å². The van der Waals surface area contributed by atoms with E-state index in [0.29, 0.717) is 11.4 Å². The highest BCUT2D eigenvalue weighted by molar-refractivity contribution is 5.94. The monoisotopic (exact) mass is 271 g/mol. The number of aromatic nitrogens is 1. The molecule has 0 fully saturated rings. The maximum atomic E-state index is 13.2. The third kappa shape index (κ3) is 2.25. The Bertz CT molecular complexity index is 787. The zero-order valence-electron chi connectivity index (χ0n) is 10.4. The van der Waals surface area contributed by atoms with E-state index in [1.54, 1.807) is 24.4 Å². The average molecular weight is 271 g/mol. The molecule has 3 rings (SSSR count). The van der Waals surface area contributed by atoms with Crippen LogP contribution < -0.4 is 11.1 Å². The maximum absolute atomic E-state index is 13.2. The first-order valence-electron chi connectivity index (χ1n) is 6.00. The van der Waals surface area contributed by atoms with Gasteiger partial charge in [-0.15, -0.1) is 0 Å². The molecule has 3 aromatic rings. The number of halogens is 2. The summed E-state index contributed by atoms with van der Waals surface area (Å²) in [4.78, 5) is 4.22. The summed E-state index contributed by atoms with van der Waals surface area (Å²) in [5.41, 5.74) is 8.28. The van der Waals surface area contributed by atoms with Crippen molar-refractivity contribution >= 4 is 28.0 Å². The fourth-order valence-electron chi connectivity index (χ4n) is 2.00. The Morgan fingerprint density at radius 2 is 1.80 bits per heavy atom. The van der Waals surface area contributed by atoms with E-state index in [2.05, 4.69) is 10.3 Å². The zero-order chi connectivity index (χ0) is 14.1. The zero-order valence-corrected chi connectivity index (χ0v) is 10.4. The second-order valence-electron chi connectivity index (χ2n) is 4.39. The molecule has 0 aliphatic heterocycles. The Kier molecular flexibility index (Phi) is 2.95. The quantitative estimate of drug-likeness (QED) is 0.696. The molecule has 0 aliphatic carbocycles. The number of nitrogens with zero attached hydrogens (tertiary/aromatic N) is 1. The Balaban J connectivity index is 2.04. The van der Waals surface area contributed by atoms with E-state index < -0.39 is 11.6 Å². The highest BCUT2D eigenvalue weighted by Crippen LogP contribution is 2.26. The van der Waals surface area contributed by atoms with Gasteiger partial charge in [-0.25, -0.2) is 8.78 Å². The molecule has 1 aromatic heterocycles. The van der Waals surface area contributed by atoms with E-state index in [-0.39, 0.29) is 0 Å². The van der Waals surface area contributed by atoms with E-state index in [1.807, 2.05) is 6.07 Å². The molecule has 5 heteroatoms. The molecule has 0 saturated heterocycles. The summed E-state index contributed by atoms with van der Waals surface area (Å²) in [5.74, 6) is -1.76. The molecule has 1 heterocycles. The lowest BCUT2D eigenvalue weighted by atomic mass is 10.1. The summed E-state index contributed by atoms with van der Waals surface area (Å²) in [7, 11) is 0. The van der Waals surface area contributed by atoms with E-state index >= 15 is 0 Å². The molecule has 100 valence electrons. The number of pyridine rings is 1. The van der Waals surface area contributed by atoms with Crippen LogP contribution in [0, 0.1) is 11.6 Å². The number of nitrogens with two attached hydrogens (primary N) is 1. The van der Waals surface area contributed by atoms with E-state index in [9.17, 15) is 8.78 Å². The Hall–Kier alpha value is -2.69. The minimum absolute atomic E-state index is 0.466. The molecule has 0 radical (unpaired) electrons. The Morgan fingerprint density at radius 1 is 0.950 bits per heavy atom. The fraction of sp³-hybridized carbons (Fsp3) is 0. The van der Waals surface area contributed by atoms with Crippen LogP contribution in [0.4, 0.5) is 25.8 Å². The van der Waals surface area contributed by atoms with Crippen LogP contribution in [0.1, 0.15) is 0 Å². The van der Waals surface area contributed by atoms with Crippen LogP contribution in [-0.2, 0) is 0 Å². The number of hydrogen-bond acceptors (Lipinski definition) is 3. The number of nitrogen functional groups attached to an aromatic ring is 1. The molecule has 0 spiro atoms. The van der Waals surface area contributed by atoms with Crippen LogP contribution in [0.5, 0.6) is 0 Å². The minimum Gasteiger partial charge on any atom is -0.399 e. The fourth-order valence-corrected chi connectivity index (χ4v) is 2.00. The summed E-state index contributed by atoms with van der Waals surface area (Å²) >= 11 is 0. The van der Waals surface area contributed by atoms with Crippen LogP contribution in [0.15, 0.2) is 48.7 Å². The largest absolute Gasteiger partial charge is 0.399 e. The normalized spacial score (nSPS) is 10.7. The molecule has 0 amide bonds. The lowest BCUT2D eigenvalue weighted by Crippen LogP contribution is -1.95. The highest BCUT2D eigenvalue weighted by Gasteiger charge is 2.05. The lowest BCUT2D eigenvalue weighted by Gasteiger charge is -2.10. The number of hydrogen-bond donors (Lipinski definition) is 2. The van der Waals surface area contributed by atoms with Crippen LogP contribution in [0.2, 0.25) is 0 Å². The molecule has 0 atom stereocenters. The van der Waals surface area contributed by atoms with Crippen molar-refractivity contribution < 1.29 is 8.78 Å². The van der Waals surface area contributed by atoms with Gasteiger partial charge in [-0.05, 0) is 36.4 Å². The minimum atomic E-state index is -0.891. The third-order valence-electron chi connectivity index (χ3n) is 2.97. The second kappa shape index (κ2) is 4.77. The van der Waals surface area contributed by atoms with Gasteiger partial charge < -0.3 is 11.1 Å². The lowest BCUT2D eigenvalue weighted by molar-refractivity contribution is 0.509. The van der Waals surface area contributed by atoms with Gasteiger partial charge in [0.1, 0.15) is 0 Å². The number of rotatable bonds is 2. The van der Waals surface area contributed by atoms with Crippen molar-refractivity contribution in [2.45, 2.75) is 0 Å². The number of benzene rings is 2. The summed E-state index contributed by atoms with van der Waals surface area (Å²) in [6.45, 7) is 0. The molecule has 2 aromatic carbocycles. The van der Waals surface area contributed by atoms with Crippen molar-refractivity contribution in [2.75, 3.05) is 11.1 Å². The van der Waals surface area contributed by atoms with E-state index in [0.717, 1.165) is 28.7 Å². The average Bonchev–Trinajstić information content (AvgIpc) is 2.43. The topological polar surface area (TPSA) is 50.9 Å². The predicted octanol–water partition coefficient (Wildman–Crippen LogP) is 3.84. The standard InChI is InChI=1S/C15H11F2N3/c16-12-4-2-10(8-13(12)17)20-14-5-6-19-15-7-9(18)1-3-11(14)15/h1-8H,18H2,(H,19,20). The van der Waals surface area contributed by atoms with Gasteiger partial charge in [0.15, 0.2) is 11.6 Å². The van der Waals surface area contributed by atoms with E-state index in [4.69, 9.17) is 5.73 Å². The summed E-state index contributed by atoms with van der Waals surface area (Å²) in [6, 6.07) is 10.8. The van der Waals surface area contributed by atoms with Crippen molar-refractivity contribution in [1.29, 1.82) is 0 Å². The van der Waals surface area contributed by atoms with Gasteiger partial charge in [-0.1, -0.05) is 0 Å². The maximum Gasteiger partial charge on any atom is 0.160 e. The van der Waals surface area contributed by atoms with Crippen LogP contribution in [0.3, 0.4) is 0 Å². The third-order valence-corrected chi connectivity index (χ3v) is 2.97. The first-order chi connectivity index (χ1) is 9.63. The molecule has 0 bridgehead atoms. The Morgan fingerprint density at radius 3 is 2.60 bits per heavy atom. The second-order valence-corrected chi connectivity index (χ2v) is 4.39. The van der Waals surface area contributed by atoms with Crippen molar-refractivity contribution in [3.63, 3.8) is 0 Å². The molecule has 0 aliphatic rings. The molecule has 0 unspecified atom stereocenters. The summed E-state index contributed by atoms with van der Waals surface area (Å²) in [6.07, 6.45) is 1.63. The van der Waals surface area contributed by atoms with Crippen molar-refractivity contribution in [3.8, 4) is 0 Å². The van der Waals surface area contributed by atoms with Gasteiger partial charge in [0.05, 0.1) is 5.52 Å². The summed E-state index contributed by atoms with van der Waals surface area (Å²) < 4.78 is 26.1. The first kappa shape index (κ1) is 12.3. The van der Waals surface area contributed by atoms with Crippen molar-refractivity contribution in [2.24, 2.45) is 0 Å². The Labute approximate surface area is 114 Å². The predicted molar refractivity (Wildman–Crippen MR) is 75.8 cm³/mol. The molecule has 3 nitrogen and oxygen atoms in total. The van der Waals surface area contributed by atoms with Gasteiger partial charge in [0.2, 0.25) is 0 Å². The van der Waals surface area contributed by atoms with Gasteiger partial charge in [0, 0.05) is 34.7 Å². The smallest absolute Gasteiger partial charge is 0.160 e. The molecule has 3 N–H and O–H groups in total. The SMILES string of the molecule is Nc1ccc2c(Nc3ccc(F)c(F)c3)ccnc2c1. The van der Waals surface area contributed by atoms with Crippen molar-refractivity contribution in [1.82, 2.24) is 4.98 Å². The van der Waals surface area contributed by atoms with Crippen LogP contribution in [0.25, 0.3) is 10.9 Å². The number of anilines is 3. The van der Waals surface area contributed by atoms with E-state index in [1.165, 1.54) is 6.07 Å².